The van der Waals surface area contributed by atoms with Crippen LogP contribution in [-0.2, 0) is 6.54 Å². The van der Waals surface area contributed by atoms with E-state index in [0.717, 1.165) is 46.1 Å². The highest BCUT2D eigenvalue weighted by Crippen LogP contribution is 2.29. The van der Waals surface area contributed by atoms with E-state index in [1.165, 1.54) is 30.5 Å². The van der Waals surface area contributed by atoms with Gasteiger partial charge in [0.1, 0.15) is 10.7 Å². The second-order valence-corrected chi connectivity index (χ2v) is 9.39. The third kappa shape index (κ3) is 3.96. The van der Waals surface area contributed by atoms with Crippen molar-refractivity contribution >= 4 is 27.2 Å². The van der Waals surface area contributed by atoms with Crippen molar-refractivity contribution in [2.45, 2.75) is 52.6 Å². The van der Waals surface area contributed by atoms with Crippen molar-refractivity contribution in [3.63, 3.8) is 0 Å². The Morgan fingerprint density at radius 3 is 2.69 bits per heavy atom. The summed E-state index contributed by atoms with van der Waals surface area (Å²) < 4.78 is 0. The molecule has 6 heteroatoms. The number of nitrogens with one attached hydrogen (secondary N) is 1. The van der Waals surface area contributed by atoms with Gasteiger partial charge in [0.2, 0.25) is 0 Å². The first-order valence-corrected chi connectivity index (χ1v) is 11.3. The van der Waals surface area contributed by atoms with Gasteiger partial charge < -0.3 is 9.88 Å². The van der Waals surface area contributed by atoms with E-state index in [4.69, 9.17) is 4.98 Å². The molecule has 0 aliphatic carbocycles. The van der Waals surface area contributed by atoms with Gasteiger partial charge in [-0.05, 0) is 64.3 Å². The van der Waals surface area contributed by atoms with Crippen molar-refractivity contribution in [1.29, 1.82) is 0 Å². The fraction of sp³-hybridized carbons (Fsp3) is 0.478. The fourth-order valence-corrected chi connectivity index (χ4v) is 5.21. The number of piperidine rings is 1. The summed E-state index contributed by atoms with van der Waals surface area (Å²) in [7, 11) is 2.10. The second-order valence-electron chi connectivity index (χ2n) is 8.18. The molecule has 1 aromatic carbocycles. The molecule has 0 amide bonds. The molecule has 29 heavy (non-hydrogen) atoms. The molecule has 154 valence electrons. The Morgan fingerprint density at radius 1 is 1.21 bits per heavy atom. The van der Waals surface area contributed by atoms with Crippen molar-refractivity contribution in [2.75, 3.05) is 25.0 Å². The van der Waals surface area contributed by atoms with Crippen LogP contribution in [0, 0.1) is 13.8 Å². The Hall–Kier alpha value is -2.18. The number of anilines is 1. The normalized spacial score (nSPS) is 16.0. The molecule has 0 bridgehead atoms. The molecule has 0 saturated carbocycles. The molecule has 2 aromatic heterocycles. The summed E-state index contributed by atoms with van der Waals surface area (Å²) in [4.78, 5) is 27.3. The summed E-state index contributed by atoms with van der Waals surface area (Å²) in [5, 5.41) is 0.738. The minimum absolute atomic E-state index is 0.0178. The molecule has 1 aliphatic rings. The molecule has 1 saturated heterocycles. The zero-order valence-corrected chi connectivity index (χ0v) is 18.6. The van der Waals surface area contributed by atoms with Crippen LogP contribution in [0.2, 0.25) is 0 Å². The first-order chi connectivity index (χ1) is 14.0. The van der Waals surface area contributed by atoms with Gasteiger partial charge in [0, 0.05) is 30.2 Å². The van der Waals surface area contributed by atoms with Crippen molar-refractivity contribution in [3.8, 4) is 0 Å². The molecule has 1 aliphatic heterocycles. The summed E-state index contributed by atoms with van der Waals surface area (Å²) >= 11 is 1.61. The van der Waals surface area contributed by atoms with Crippen LogP contribution in [0.15, 0.2) is 29.1 Å². The summed E-state index contributed by atoms with van der Waals surface area (Å²) in [6.45, 7) is 9.25. The molecule has 1 atom stereocenters. The molecule has 3 heterocycles. The summed E-state index contributed by atoms with van der Waals surface area (Å²) in [5.74, 6) is 0.738. The van der Waals surface area contributed by atoms with Gasteiger partial charge in [-0.3, -0.25) is 9.69 Å². The fourth-order valence-electron chi connectivity index (χ4n) is 4.17. The number of aromatic amines is 1. The van der Waals surface area contributed by atoms with Crippen LogP contribution in [0.4, 0.5) is 5.69 Å². The van der Waals surface area contributed by atoms with E-state index in [1.54, 1.807) is 11.3 Å². The first-order valence-electron chi connectivity index (χ1n) is 10.5. The number of thiophene rings is 1. The number of H-pyrrole nitrogens is 1. The Morgan fingerprint density at radius 2 is 1.93 bits per heavy atom. The average molecular weight is 411 g/mol. The van der Waals surface area contributed by atoms with Crippen molar-refractivity contribution in [2.24, 2.45) is 0 Å². The molecule has 3 aromatic rings. The number of aryl methyl sites for hydroxylation is 2. The maximum atomic E-state index is 12.7. The van der Waals surface area contributed by atoms with Gasteiger partial charge in [0.25, 0.3) is 5.56 Å². The average Bonchev–Trinajstić information content (AvgIpc) is 3.02. The number of fused-ring (bicyclic) bond motifs is 1. The van der Waals surface area contributed by atoms with E-state index >= 15 is 0 Å². The predicted molar refractivity (Wildman–Crippen MR) is 122 cm³/mol. The van der Waals surface area contributed by atoms with Crippen LogP contribution in [0.25, 0.3) is 10.2 Å². The largest absolute Gasteiger partial charge is 0.371 e. The van der Waals surface area contributed by atoms with Crippen LogP contribution in [-0.4, -0.2) is 35.0 Å². The second kappa shape index (κ2) is 8.28. The molecular weight excluding hydrogens is 380 g/mol. The number of benzene rings is 1. The molecule has 1 unspecified atom stereocenters. The van der Waals surface area contributed by atoms with Gasteiger partial charge >= 0.3 is 0 Å². The summed E-state index contributed by atoms with van der Waals surface area (Å²) in [6.07, 6.45) is 3.87. The lowest BCUT2D eigenvalue weighted by atomic mass is 10.1. The monoisotopic (exact) mass is 410 g/mol. The Balaban J connectivity index is 1.59. The number of para-hydroxylation sites is 1. The van der Waals surface area contributed by atoms with Crippen LogP contribution in [0.3, 0.4) is 0 Å². The smallest absolute Gasteiger partial charge is 0.259 e. The maximum absolute atomic E-state index is 12.7. The minimum Gasteiger partial charge on any atom is -0.371 e. The zero-order valence-electron chi connectivity index (χ0n) is 17.8. The van der Waals surface area contributed by atoms with E-state index in [0.29, 0.717) is 0 Å². The van der Waals surface area contributed by atoms with E-state index in [9.17, 15) is 4.79 Å². The van der Waals surface area contributed by atoms with Crippen LogP contribution in [0.5, 0.6) is 0 Å². The van der Waals surface area contributed by atoms with E-state index in [-0.39, 0.29) is 11.6 Å². The predicted octanol–water partition coefficient (Wildman–Crippen LogP) is 4.78. The maximum Gasteiger partial charge on any atom is 0.259 e. The third-order valence-electron chi connectivity index (χ3n) is 6.22. The Kier molecular flexibility index (Phi) is 5.74. The molecule has 1 fully saturated rings. The van der Waals surface area contributed by atoms with Crippen molar-refractivity contribution in [3.05, 3.63) is 56.4 Å². The number of nitrogens with zero attached hydrogens (tertiary/aromatic N) is 3. The van der Waals surface area contributed by atoms with E-state index in [1.807, 2.05) is 13.8 Å². The van der Waals surface area contributed by atoms with Gasteiger partial charge in [0.15, 0.2) is 0 Å². The van der Waals surface area contributed by atoms with Crippen molar-refractivity contribution < 1.29 is 0 Å². The molecule has 1 N–H and O–H groups in total. The lowest BCUT2D eigenvalue weighted by Crippen LogP contribution is -2.31. The third-order valence-corrected chi connectivity index (χ3v) is 7.32. The standard InChI is InChI=1S/C23H30N4OS/c1-15-17(3)29-23-20(15)22(28)24-21(25-23)16(2)26(4)14-18-10-6-7-11-19(18)27-12-8-5-9-13-27/h6-7,10-11,16H,5,8-9,12-14H2,1-4H3,(H,24,25,28). The summed E-state index contributed by atoms with van der Waals surface area (Å²) in [6, 6.07) is 8.72. The first kappa shape index (κ1) is 20.1. The molecule has 0 radical (unpaired) electrons. The van der Waals surface area contributed by atoms with Crippen LogP contribution >= 0.6 is 11.3 Å². The quantitative estimate of drug-likeness (QED) is 0.657. The number of rotatable bonds is 5. The SMILES string of the molecule is Cc1sc2nc(C(C)N(C)Cc3ccccc3N3CCCCC3)[nH]c(=O)c2c1C. The van der Waals surface area contributed by atoms with Crippen molar-refractivity contribution in [1.82, 2.24) is 14.9 Å². The zero-order chi connectivity index (χ0) is 20.5. The lowest BCUT2D eigenvalue weighted by molar-refractivity contribution is 0.244. The van der Waals surface area contributed by atoms with Gasteiger partial charge in [-0.2, -0.15) is 0 Å². The number of hydrogen-bond acceptors (Lipinski definition) is 5. The lowest BCUT2D eigenvalue weighted by Gasteiger charge is -2.32. The molecule has 4 rings (SSSR count). The topological polar surface area (TPSA) is 52.2 Å². The van der Waals surface area contributed by atoms with Gasteiger partial charge in [-0.1, -0.05) is 18.2 Å². The van der Waals surface area contributed by atoms with E-state index < -0.39 is 0 Å². The van der Waals surface area contributed by atoms with Gasteiger partial charge in [0.05, 0.1) is 11.4 Å². The van der Waals surface area contributed by atoms with E-state index in [2.05, 4.69) is 53.0 Å². The molecule has 5 nitrogen and oxygen atoms in total. The highest BCUT2D eigenvalue weighted by Gasteiger charge is 2.20. The van der Waals surface area contributed by atoms with Crippen LogP contribution < -0.4 is 10.5 Å². The minimum atomic E-state index is -0.0270. The molecular formula is C23H30N4OS. The van der Waals surface area contributed by atoms with Gasteiger partial charge in [-0.15, -0.1) is 11.3 Å². The Bertz CT molecular complexity index is 1060. The molecule has 0 spiro atoms. The van der Waals surface area contributed by atoms with Gasteiger partial charge in [-0.25, -0.2) is 4.98 Å². The Labute approximate surface area is 176 Å². The summed E-state index contributed by atoms with van der Waals surface area (Å²) in [5.41, 5.74) is 3.69. The number of hydrogen-bond donors (Lipinski definition) is 1. The highest BCUT2D eigenvalue weighted by atomic mass is 32.1. The number of aromatic nitrogens is 2. The highest BCUT2D eigenvalue weighted by molar-refractivity contribution is 7.18. The van der Waals surface area contributed by atoms with Crippen LogP contribution in [0.1, 0.15) is 54.1 Å².